The smallest absolute Gasteiger partial charge is 0.135 e. The molecule has 3 aliphatic rings. The molecule has 0 amide bonds. The van der Waals surface area contributed by atoms with E-state index in [1.807, 2.05) is 6.07 Å². The maximum absolute atomic E-state index is 6.18. The van der Waals surface area contributed by atoms with E-state index in [9.17, 15) is 0 Å². The summed E-state index contributed by atoms with van der Waals surface area (Å²) in [6.07, 6.45) is 4.88. The second kappa shape index (κ2) is 8.00. The highest BCUT2D eigenvalue weighted by molar-refractivity contribution is 6.20. The summed E-state index contributed by atoms with van der Waals surface area (Å²) in [5.74, 6) is 0. The van der Waals surface area contributed by atoms with Gasteiger partial charge in [0.2, 0.25) is 0 Å². The summed E-state index contributed by atoms with van der Waals surface area (Å²) >= 11 is 0. The minimum Gasteiger partial charge on any atom is -0.456 e. The molecule has 0 unspecified atom stereocenters. The number of anilines is 2. The zero-order valence-electron chi connectivity index (χ0n) is 24.2. The fourth-order valence-corrected chi connectivity index (χ4v) is 9.15. The Bertz CT molecular complexity index is 2540. The van der Waals surface area contributed by atoms with Crippen LogP contribution in [0, 0.1) is 0 Å². The number of para-hydroxylation sites is 3. The van der Waals surface area contributed by atoms with Crippen molar-refractivity contribution in [3.05, 3.63) is 126 Å². The van der Waals surface area contributed by atoms with Crippen molar-refractivity contribution in [1.29, 1.82) is 0 Å². The Morgan fingerprint density at radius 3 is 2.32 bits per heavy atom. The fourth-order valence-electron chi connectivity index (χ4n) is 9.15. The van der Waals surface area contributed by atoms with Crippen LogP contribution in [-0.4, -0.2) is 4.57 Å². The van der Waals surface area contributed by atoms with E-state index in [1.54, 1.807) is 0 Å². The Morgan fingerprint density at radius 2 is 1.39 bits per heavy atom. The van der Waals surface area contributed by atoms with E-state index in [2.05, 4.69) is 119 Å². The van der Waals surface area contributed by atoms with E-state index in [4.69, 9.17) is 4.42 Å². The van der Waals surface area contributed by atoms with Crippen molar-refractivity contribution in [1.82, 2.24) is 4.57 Å². The molecule has 3 heteroatoms. The maximum Gasteiger partial charge on any atom is 0.135 e. The van der Waals surface area contributed by atoms with E-state index in [-0.39, 0.29) is 5.41 Å². The number of nitrogens with one attached hydrogen (secondary N) is 1. The van der Waals surface area contributed by atoms with E-state index in [0.717, 1.165) is 27.6 Å². The monoisotopic (exact) mass is 564 g/mol. The molecule has 3 nitrogen and oxygen atoms in total. The van der Waals surface area contributed by atoms with Gasteiger partial charge in [0.05, 0.1) is 16.7 Å². The van der Waals surface area contributed by atoms with Crippen LogP contribution in [0.1, 0.15) is 36.8 Å². The molecule has 208 valence electrons. The molecule has 8 aromatic rings. The number of rotatable bonds is 2. The SMILES string of the molecule is c1ccc2c(c1)-c1cccc3c1-c1c(c(Nc4ccc5oc6ccccc6c5c4)cc4c5ccccc5n-2c14)C31CCCC1. The molecule has 1 N–H and O–H groups in total. The Hall–Kier alpha value is -5.28. The first-order valence-electron chi connectivity index (χ1n) is 15.8. The summed E-state index contributed by atoms with van der Waals surface area (Å²) in [5.41, 5.74) is 16.6. The van der Waals surface area contributed by atoms with Crippen molar-refractivity contribution in [3.63, 3.8) is 0 Å². The van der Waals surface area contributed by atoms with Gasteiger partial charge in [0.1, 0.15) is 11.2 Å². The molecule has 1 saturated carbocycles. The number of hydrogen-bond acceptors (Lipinski definition) is 2. The number of hydrogen-bond donors (Lipinski definition) is 1. The molecule has 3 heterocycles. The van der Waals surface area contributed by atoms with Crippen LogP contribution in [0.2, 0.25) is 0 Å². The second-order valence-corrected chi connectivity index (χ2v) is 12.9. The average molecular weight is 565 g/mol. The average Bonchev–Trinajstić information content (AvgIpc) is 3.82. The highest BCUT2D eigenvalue weighted by Gasteiger charge is 2.49. The first-order valence-corrected chi connectivity index (χ1v) is 15.8. The fraction of sp³-hybridized carbons (Fsp3) is 0.122. The van der Waals surface area contributed by atoms with Gasteiger partial charge < -0.3 is 14.3 Å². The van der Waals surface area contributed by atoms with Gasteiger partial charge in [-0.15, -0.1) is 0 Å². The lowest BCUT2D eigenvalue weighted by Gasteiger charge is -2.29. The number of furan rings is 1. The number of aromatic nitrogens is 1. The molecule has 0 radical (unpaired) electrons. The van der Waals surface area contributed by atoms with Crippen molar-refractivity contribution in [3.8, 4) is 27.9 Å². The summed E-state index contributed by atoms with van der Waals surface area (Å²) in [5, 5.41) is 8.92. The van der Waals surface area contributed by atoms with E-state index >= 15 is 0 Å². The van der Waals surface area contributed by atoms with Crippen LogP contribution in [0.3, 0.4) is 0 Å². The Kier molecular flexibility index (Phi) is 4.22. The van der Waals surface area contributed by atoms with Gasteiger partial charge in [0, 0.05) is 49.5 Å². The normalized spacial score (nSPS) is 15.5. The molecular formula is C41H28N2O. The molecular weight excluding hydrogens is 536 g/mol. The Balaban J connectivity index is 1.28. The molecule has 6 aromatic carbocycles. The molecule has 1 fully saturated rings. The van der Waals surface area contributed by atoms with Crippen LogP contribution in [0.5, 0.6) is 0 Å². The predicted molar refractivity (Wildman–Crippen MR) is 181 cm³/mol. The zero-order chi connectivity index (χ0) is 28.6. The van der Waals surface area contributed by atoms with Crippen LogP contribution >= 0.6 is 0 Å². The first-order chi connectivity index (χ1) is 21.8. The highest BCUT2D eigenvalue weighted by atomic mass is 16.3. The van der Waals surface area contributed by atoms with Crippen molar-refractivity contribution in [2.45, 2.75) is 31.1 Å². The topological polar surface area (TPSA) is 30.1 Å². The Labute approximate surface area is 254 Å². The zero-order valence-corrected chi connectivity index (χ0v) is 24.2. The van der Waals surface area contributed by atoms with Gasteiger partial charge in [-0.25, -0.2) is 0 Å². The molecule has 0 atom stereocenters. The molecule has 0 saturated heterocycles. The second-order valence-electron chi connectivity index (χ2n) is 12.9. The third kappa shape index (κ3) is 2.70. The quantitative estimate of drug-likeness (QED) is 0.226. The lowest BCUT2D eigenvalue weighted by Crippen LogP contribution is -2.22. The van der Waals surface area contributed by atoms with Gasteiger partial charge in [0.25, 0.3) is 0 Å². The number of fused-ring (bicyclic) bond motifs is 11. The summed E-state index contributed by atoms with van der Waals surface area (Å²) < 4.78 is 8.74. The first kappa shape index (κ1) is 23.2. The summed E-state index contributed by atoms with van der Waals surface area (Å²) in [7, 11) is 0. The standard InChI is InChI=1S/C41H28N2O/c1-4-15-33-25(10-1)28-13-9-14-31-37(28)38-39(41(31)20-7-8-21-41)32(23-30-26-11-2-5-16-34(26)43(33)40(30)38)42-24-18-19-36-29(22-24)27-12-3-6-17-35(27)44-36/h1-6,9-19,22-23,42H,7-8,20-21H2. The molecule has 0 bridgehead atoms. The lowest BCUT2D eigenvalue weighted by molar-refractivity contribution is 0.552. The van der Waals surface area contributed by atoms with Crippen LogP contribution in [-0.2, 0) is 5.41 Å². The van der Waals surface area contributed by atoms with Crippen LogP contribution in [0.4, 0.5) is 11.4 Å². The van der Waals surface area contributed by atoms with E-state index in [0.29, 0.717) is 0 Å². The van der Waals surface area contributed by atoms with Crippen LogP contribution in [0.15, 0.2) is 120 Å². The number of nitrogens with zero attached hydrogens (tertiary/aromatic N) is 1. The van der Waals surface area contributed by atoms with E-state index in [1.165, 1.54) is 92.2 Å². The molecule has 2 aliphatic carbocycles. The van der Waals surface area contributed by atoms with Gasteiger partial charge in [-0.2, -0.15) is 0 Å². The van der Waals surface area contributed by atoms with Gasteiger partial charge in [-0.05, 0) is 77.6 Å². The summed E-state index contributed by atoms with van der Waals surface area (Å²) in [6.45, 7) is 0. The van der Waals surface area contributed by atoms with Gasteiger partial charge in [0.15, 0.2) is 0 Å². The molecule has 2 aromatic heterocycles. The summed E-state index contributed by atoms with van der Waals surface area (Å²) in [4.78, 5) is 0. The molecule has 11 rings (SSSR count). The third-order valence-electron chi connectivity index (χ3n) is 10.8. The molecule has 44 heavy (non-hydrogen) atoms. The largest absolute Gasteiger partial charge is 0.456 e. The number of benzene rings is 6. The highest BCUT2D eigenvalue weighted by Crippen LogP contribution is 2.64. The predicted octanol–water partition coefficient (Wildman–Crippen LogP) is 11.2. The molecule has 1 aliphatic heterocycles. The summed E-state index contributed by atoms with van der Waals surface area (Å²) in [6, 6.07) is 42.4. The van der Waals surface area contributed by atoms with Gasteiger partial charge >= 0.3 is 0 Å². The van der Waals surface area contributed by atoms with Gasteiger partial charge in [-0.1, -0.05) is 85.6 Å². The van der Waals surface area contributed by atoms with Gasteiger partial charge in [-0.3, -0.25) is 0 Å². The van der Waals surface area contributed by atoms with Crippen molar-refractivity contribution < 1.29 is 4.42 Å². The van der Waals surface area contributed by atoms with Crippen molar-refractivity contribution in [2.24, 2.45) is 0 Å². The van der Waals surface area contributed by atoms with E-state index < -0.39 is 0 Å². The lowest BCUT2D eigenvalue weighted by atomic mass is 9.75. The minimum atomic E-state index is 0.0111. The minimum absolute atomic E-state index is 0.0111. The Morgan fingerprint density at radius 1 is 0.614 bits per heavy atom. The van der Waals surface area contributed by atoms with Crippen LogP contribution < -0.4 is 5.32 Å². The molecule has 1 spiro atoms. The maximum atomic E-state index is 6.18. The van der Waals surface area contributed by atoms with Crippen molar-refractivity contribution >= 4 is 55.1 Å². The van der Waals surface area contributed by atoms with Crippen molar-refractivity contribution in [2.75, 3.05) is 5.32 Å². The van der Waals surface area contributed by atoms with Crippen LogP contribution in [0.25, 0.3) is 71.7 Å². The third-order valence-corrected chi connectivity index (χ3v) is 10.8.